The number of hydrogen-bond donors (Lipinski definition) is 0. The minimum atomic E-state index is 0.946. The van der Waals surface area contributed by atoms with Gasteiger partial charge in [-0.05, 0) is 22.4 Å². The van der Waals surface area contributed by atoms with Crippen molar-refractivity contribution in [2.75, 3.05) is 7.11 Å². The van der Waals surface area contributed by atoms with Crippen molar-refractivity contribution in [3.05, 3.63) is 14.7 Å². The molecule has 0 aromatic carbocycles. The number of aryl methyl sites for hydroxylation is 1. The molecule has 1 aromatic rings. The Bertz CT molecular complexity index is 198. The second-order valence-corrected chi connectivity index (χ2v) is 3.65. The lowest BCUT2D eigenvalue weighted by Gasteiger charge is -1.95. The molecule has 1 nitrogen and oxygen atoms in total. The van der Waals surface area contributed by atoms with Crippen molar-refractivity contribution in [3.63, 3.8) is 0 Å². The maximum Gasteiger partial charge on any atom is 0.144 e. The molecule has 1 rings (SSSR count). The average Bonchev–Trinajstić information content (AvgIpc) is 2.30. The third-order valence-corrected chi connectivity index (χ3v) is 3.55. The smallest absolute Gasteiger partial charge is 0.144 e. The Morgan fingerprint density at radius 3 is 2.70 bits per heavy atom. The molecule has 0 N–H and O–H groups in total. The predicted molar refractivity (Wildman–Crippen MR) is 47.9 cm³/mol. The Morgan fingerprint density at radius 2 is 2.40 bits per heavy atom. The van der Waals surface area contributed by atoms with Crippen LogP contribution in [0, 0.1) is 0 Å². The Hall–Kier alpha value is -0.0200. The first-order valence-corrected chi connectivity index (χ1v) is 4.76. The van der Waals surface area contributed by atoms with Crippen LogP contribution in [-0.2, 0) is 6.42 Å². The molecule has 1 heterocycles. The van der Waals surface area contributed by atoms with E-state index >= 15 is 0 Å². The third-order valence-electron chi connectivity index (χ3n) is 1.31. The van der Waals surface area contributed by atoms with Crippen molar-refractivity contribution in [2.45, 2.75) is 13.3 Å². The summed E-state index contributed by atoms with van der Waals surface area (Å²) in [4.78, 5) is 1.34. The van der Waals surface area contributed by atoms with Gasteiger partial charge in [-0.3, -0.25) is 0 Å². The molecule has 0 radical (unpaired) electrons. The fraction of sp³-hybridized carbons (Fsp3) is 0.429. The summed E-state index contributed by atoms with van der Waals surface area (Å²) in [5.74, 6) is 0.946. The van der Waals surface area contributed by atoms with E-state index in [4.69, 9.17) is 4.74 Å². The van der Waals surface area contributed by atoms with E-state index in [1.807, 2.05) is 5.38 Å². The molecule has 0 spiro atoms. The number of thiophene rings is 1. The summed E-state index contributed by atoms with van der Waals surface area (Å²) in [6, 6.07) is 0. The van der Waals surface area contributed by atoms with E-state index in [1.165, 1.54) is 4.88 Å². The third kappa shape index (κ3) is 1.35. The largest absolute Gasteiger partial charge is 0.495 e. The topological polar surface area (TPSA) is 9.23 Å². The van der Waals surface area contributed by atoms with Crippen LogP contribution < -0.4 is 4.74 Å². The monoisotopic (exact) mass is 220 g/mol. The Kier molecular flexibility index (Phi) is 2.74. The second kappa shape index (κ2) is 3.39. The Balaban J connectivity index is 2.97. The molecule has 0 unspecified atom stereocenters. The fourth-order valence-corrected chi connectivity index (χ4v) is 2.56. The SMILES string of the molecule is CCc1scc(OC)c1Br. The Morgan fingerprint density at radius 1 is 1.70 bits per heavy atom. The second-order valence-electron chi connectivity index (χ2n) is 1.89. The zero-order chi connectivity index (χ0) is 7.56. The maximum absolute atomic E-state index is 5.09. The van der Waals surface area contributed by atoms with Crippen LogP contribution in [0.15, 0.2) is 9.85 Å². The molecule has 0 bridgehead atoms. The van der Waals surface area contributed by atoms with E-state index in [9.17, 15) is 0 Å². The van der Waals surface area contributed by atoms with Crippen LogP contribution in [0.25, 0.3) is 0 Å². The van der Waals surface area contributed by atoms with Gasteiger partial charge in [-0.1, -0.05) is 6.92 Å². The molecule has 56 valence electrons. The van der Waals surface area contributed by atoms with Gasteiger partial charge in [0, 0.05) is 10.3 Å². The van der Waals surface area contributed by atoms with E-state index in [0.29, 0.717) is 0 Å². The van der Waals surface area contributed by atoms with Gasteiger partial charge in [-0.15, -0.1) is 11.3 Å². The zero-order valence-electron chi connectivity index (χ0n) is 5.98. The lowest BCUT2D eigenvalue weighted by atomic mass is 10.4. The van der Waals surface area contributed by atoms with Gasteiger partial charge >= 0.3 is 0 Å². The first-order valence-electron chi connectivity index (χ1n) is 3.09. The van der Waals surface area contributed by atoms with Gasteiger partial charge in [-0.2, -0.15) is 0 Å². The zero-order valence-corrected chi connectivity index (χ0v) is 8.38. The van der Waals surface area contributed by atoms with E-state index in [2.05, 4.69) is 22.9 Å². The van der Waals surface area contributed by atoms with Gasteiger partial charge < -0.3 is 4.74 Å². The first-order chi connectivity index (χ1) is 4.79. The van der Waals surface area contributed by atoms with Crippen LogP contribution >= 0.6 is 27.3 Å². The lowest BCUT2D eigenvalue weighted by Crippen LogP contribution is -1.80. The average molecular weight is 221 g/mol. The molecule has 0 aliphatic carbocycles. The number of rotatable bonds is 2. The summed E-state index contributed by atoms with van der Waals surface area (Å²) < 4.78 is 6.20. The van der Waals surface area contributed by atoms with Crippen molar-refractivity contribution in [2.24, 2.45) is 0 Å². The minimum Gasteiger partial charge on any atom is -0.495 e. The molecule has 0 aliphatic rings. The molecule has 3 heteroatoms. The van der Waals surface area contributed by atoms with Crippen molar-refractivity contribution in [1.29, 1.82) is 0 Å². The molecule has 0 atom stereocenters. The number of hydrogen-bond acceptors (Lipinski definition) is 2. The van der Waals surface area contributed by atoms with Crippen molar-refractivity contribution in [3.8, 4) is 5.75 Å². The summed E-state index contributed by atoms with van der Waals surface area (Å²) in [6.07, 6.45) is 1.06. The maximum atomic E-state index is 5.09. The first kappa shape index (κ1) is 8.08. The Labute approximate surface area is 73.1 Å². The molecule has 0 saturated carbocycles. The molecule has 1 aromatic heterocycles. The van der Waals surface area contributed by atoms with Crippen LogP contribution in [0.3, 0.4) is 0 Å². The van der Waals surface area contributed by atoms with Gasteiger partial charge in [0.25, 0.3) is 0 Å². The number of halogens is 1. The highest BCUT2D eigenvalue weighted by atomic mass is 79.9. The van der Waals surface area contributed by atoms with Crippen LogP contribution in [0.5, 0.6) is 5.75 Å². The van der Waals surface area contributed by atoms with Gasteiger partial charge in [-0.25, -0.2) is 0 Å². The molecular formula is C7H9BrOS. The van der Waals surface area contributed by atoms with Crippen molar-refractivity contribution >= 4 is 27.3 Å². The molecule has 0 saturated heterocycles. The molecule has 0 amide bonds. The van der Waals surface area contributed by atoms with Gasteiger partial charge in [0.2, 0.25) is 0 Å². The molecule has 0 aliphatic heterocycles. The van der Waals surface area contributed by atoms with Gasteiger partial charge in [0.05, 0.1) is 11.6 Å². The van der Waals surface area contributed by atoms with Crippen LogP contribution in [0.1, 0.15) is 11.8 Å². The minimum absolute atomic E-state index is 0.946. The summed E-state index contributed by atoms with van der Waals surface area (Å²) in [5.41, 5.74) is 0. The van der Waals surface area contributed by atoms with Crippen molar-refractivity contribution < 1.29 is 4.74 Å². The normalized spacial score (nSPS) is 9.90. The van der Waals surface area contributed by atoms with Crippen molar-refractivity contribution in [1.82, 2.24) is 0 Å². The summed E-state index contributed by atoms with van der Waals surface area (Å²) in [7, 11) is 1.69. The quantitative estimate of drug-likeness (QED) is 0.745. The molecule has 10 heavy (non-hydrogen) atoms. The summed E-state index contributed by atoms with van der Waals surface area (Å²) in [5, 5.41) is 2.02. The predicted octanol–water partition coefficient (Wildman–Crippen LogP) is 3.08. The number of methoxy groups -OCH3 is 1. The number of ether oxygens (including phenoxy) is 1. The molecule has 0 fully saturated rings. The van der Waals surface area contributed by atoms with Crippen LogP contribution in [0.4, 0.5) is 0 Å². The highest BCUT2D eigenvalue weighted by Gasteiger charge is 2.05. The van der Waals surface area contributed by atoms with Gasteiger partial charge in [0.15, 0.2) is 0 Å². The lowest BCUT2D eigenvalue weighted by molar-refractivity contribution is 0.414. The van der Waals surface area contributed by atoms with E-state index in [0.717, 1.165) is 16.6 Å². The van der Waals surface area contributed by atoms with Gasteiger partial charge in [0.1, 0.15) is 5.75 Å². The van der Waals surface area contributed by atoms with E-state index in [1.54, 1.807) is 18.4 Å². The highest BCUT2D eigenvalue weighted by molar-refractivity contribution is 9.10. The summed E-state index contributed by atoms with van der Waals surface area (Å²) in [6.45, 7) is 2.13. The van der Waals surface area contributed by atoms with Crippen LogP contribution in [0.2, 0.25) is 0 Å². The fourth-order valence-electron chi connectivity index (χ4n) is 0.742. The highest BCUT2D eigenvalue weighted by Crippen LogP contribution is 2.34. The standard InChI is InChI=1S/C7H9BrOS/c1-3-6-7(8)5(9-2)4-10-6/h4H,3H2,1-2H3. The molecular weight excluding hydrogens is 212 g/mol. The van der Waals surface area contributed by atoms with Crippen LogP contribution in [-0.4, -0.2) is 7.11 Å². The summed E-state index contributed by atoms with van der Waals surface area (Å²) >= 11 is 5.19. The van der Waals surface area contributed by atoms with E-state index < -0.39 is 0 Å². The van der Waals surface area contributed by atoms with E-state index in [-0.39, 0.29) is 0 Å².